The van der Waals surface area contributed by atoms with Gasteiger partial charge in [0.15, 0.2) is 5.82 Å². The molecule has 0 radical (unpaired) electrons. The van der Waals surface area contributed by atoms with Crippen LogP contribution in [0.4, 0.5) is 5.82 Å². The maximum Gasteiger partial charge on any atom is 0.323 e. The Bertz CT molecular complexity index is 425. The lowest BCUT2D eigenvalue weighted by atomic mass is 10.4. The molecule has 0 aromatic carbocycles. The van der Waals surface area contributed by atoms with Gasteiger partial charge in [-0.05, 0) is 0 Å². The molecule has 0 spiro atoms. The molecular weight excluding hydrogens is 246 g/mol. The number of anilines is 1. The van der Waals surface area contributed by atoms with Gasteiger partial charge in [0.2, 0.25) is 0 Å². The van der Waals surface area contributed by atoms with Crippen molar-refractivity contribution >= 4 is 23.4 Å². The van der Waals surface area contributed by atoms with Gasteiger partial charge in [-0.2, -0.15) is 4.98 Å². The highest BCUT2D eigenvalue weighted by Crippen LogP contribution is 2.24. The molecule has 7 heteroatoms. The van der Waals surface area contributed by atoms with Crippen LogP contribution in [0.1, 0.15) is 0 Å². The van der Waals surface area contributed by atoms with Crippen molar-refractivity contribution in [3.8, 4) is 6.01 Å². The number of aliphatic carboxylic acids is 1. The molecule has 1 heterocycles. The normalized spacial score (nSPS) is 9.76. The van der Waals surface area contributed by atoms with Crippen LogP contribution in [0.15, 0.2) is 18.9 Å². The zero-order valence-electron chi connectivity index (χ0n) is 9.26. The van der Waals surface area contributed by atoms with Crippen molar-refractivity contribution in [2.45, 2.75) is 0 Å². The van der Waals surface area contributed by atoms with Crippen molar-refractivity contribution < 1.29 is 14.6 Å². The van der Waals surface area contributed by atoms with E-state index in [0.29, 0.717) is 12.4 Å². The average Bonchev–Trinajstić information content (AvgIpc) is 2.28. The van der Waals surface area contributed by atoms with Gasteiger partial charge in [0.05, 0.1) is 13.3 Å². The number of methoxy groups -OCH3 is 1. The molecule has 1 rings (SSSR count). The third-order valence-corrected chi connectivity index (χ3v) is 2.13. The van der Waals surface area contributed by atoms with Crippen molar-refractivity contribution in [3.05, 3.63) is 23.9 Å². The van der Waals surface area contributed by atoms with Gasteiger partial charge in [0.1, 0.15) is 11.6 Å². The van der Waals surface area contributed by atoms with E-state index >= 15 is 0 Å². The van der Waals surface area contributed by atoms with Gasteiger partial charge in [-0.15, -0.1) is 6.58 Å². The number of halogens is 1. The molecule has 0 saturated carbocycles. The molecule has 1 aromatic rings. The zero-order chi connectivity index (χ0) is 12.8. The lowest BCUT2D eigenvalue weighted by molar-refractivity contribution is -0.135. The Labute approximate surface area is 104 Å². The molecule has 0 aliphatic carbocycles. The summed E-state index contributed by atoms with van der Waals surface area (Å²) in [6.07, 6.45) is 2.93. The molecule has 0 bridgehead atoms. The second-order valence-corrected chi connectivity index (χ2v) is 3.50. The quantitative estimate of drug-likeness (QED) is 0.772. The summed E-state index contributed by atoms with van der Waals surface area (Å²) < 4.78 is 4.86. The standard InChI is InChI=1S/C10H12ClN3O3/c1-3-4-14(6-8(15)16)9-7(11)5-12-10(13-9)17-2/h3,5H,1,4,6H2,2H3,(H,15,16). The number of carboxylic acid groups (broad SMARTS) is 1. The smallest absolute Gasteiger partial charge is 0.323 e. The Kier molecular flexibility index (Phi) is 4.71. The third-order valence-electron chi connectivity index (χ3n) is 1.86. The average molecular weight is 258 g/mol. The number of carboxylic acids is 1. The number of rotatable bonds is 6. The predicted molar refractivity (Wildman–Crippen MR) is 63.6 cm³/mol. The fraction of sp³-hybridized carbons (Fsp3) is 0.300. The number of hydrogen-bond acceptors (Lipinski definition) is 5. The number of carbonyl (C=O) groups is 1. The lowest BCUT2D eigenvalue weighted by Gasteiger charge is -2.20. The molecule has 0 aliphatic rings. The van der Waals surface area contributed by atoms with Crippen LogP contribution in [0, 0.1) is 0 Å². The Morgan fingerprint density at radius 2 is 2.47 bits per heavy atom. The molecule has 17 heavy (non-hydrogen) atoms. The second kappa shape index (κ2) is 6.05. The van der Waals surface area contributed by atoms with E-state index in [1.807, 2.05) is 0 Å². The minimum Gasteiger partial charge on any atom is -0.480 e. The summed E-state index contributed by atoms with van der Waals surface area (Å²) in [7, 11) is 1.42. The maximum absolute atomic E-state index is 10.7. The van der Waals surface area contributed by atoms with Gasteiger partial charge in [0, 0.05) is 6.54 Å². The Balaban J connectivity index is 3.06. The van der Waals surface area contributed by atoms with Crippen molar-refractivity contribution in [1.82, 2.24) is 9.97 Å². The van der Waals surface area contributed by atoms with E-state index in [1.165, 1.54) is 18.2 Å². The zero-order valence-corrected chi connectivity index (χ0v) is 10.0. The van der Waals surface area contributed by atoms with Crippen LogP contribution in [0.3, 0.4) is 0 Å². The Morgan fingerprint density at radius 1 is 1.76 bits per heavy atom. The van der Waals surface area contributed by atoms with Gasteiger partial charge >= 0.3 is 12.0 Å². The van der Waals surface area contributed by atoms with Crippen molar-refractivity contribution in [2.75, 3.05) is 25.1 Å². The first-order valence-corrected chi connectivity index (χ1v) is 5.10. The minimum atomic E-state index is -0.986. The molecule has 6 nitrogen and oxygen atoms in total. The summed E-state index contributed by atoms with van der Waals surface area (Å²) in [5.41, 5.74) is 0. The molecule has 0 aliphatic heterocycles. The molecule has 1 aromatic heterocycles. The summed E-state index contributed by atoms with van der Waals surface area (Å²) in [5.74, 6) is -0.679. The highest BCUT2D eigenvalue weighted by atomic mass is 35.5. The van der Waals surface area contributed by atoms with Crippen molar-refractivity contribution in [2.24, 2.45) is 0 Å². The molecule has 92 valence electrons. The molecule has 0 amide bonds. The fourth-order valence-corrected chi connectivity index (χ4v) is 1.42. The SMILES string of the molecule is C=CCN(CC(=O)O)c1nc(OC)ncc1Cl. The summed E-state index contributed by atoms with van der Waals surface area (Å²) in [6.45, 7) is 3.63. The number of nitrogens with zero attached hydrogens (tertiary/aromatic N) is 3. The largest absolute Gasteiger partial charge is 0.480 e. The first kappa shape index (κ1) is 13.2. The van der Waals surface area contributed by atoms with E-state index in [2.05, 4.69) is 16.5 Å². The number of ether oxygens (including phenoxy) is 1. The molecule has 0 unspecified atom stereocenters. The van der Waals surface area contributed by atoms with E-state index in [-0.39, 0.29) is 17.6 Å². The van der Waals surface area contributed by atoms with E-state index in [1.54, 1.807) is 6.08 Å². The highest BCUT2D eigenvalue weighted by molar-refractivity contribution is 6.32. The first-order valence-electron chi connectivity index (χ1n) is 4.72. The third kappa shape index (κ3) is 3.60. The molecule has 0 saturated heterocycles. The molecule has 0 fully saturated rings. The summed E-state index contributed by atoms with van der Waals surface area (Å²) in [4.78, 5) is 20.0. The second-order valence-electron chi connectivity index (χ2n) is 3.09. The van der Waals surface area contributed by atoms with Crippen LogP contribution in [-0.4, -0.2) is 41.2 Å². The van der Waals surface area contributed by atoms with Gasteiger partial charge < -0.3 is 14.7 Å². The number of hydrogen-bond donors (Lipinski definition) is 1. The van der Waals surface area contributed by atoms with Gasteiger partial charge in [-0.3, -0.25) is 4.79 Å². The van der Waals surface area contributed by atoms with E-state index in [0.717, 1.165) is 0 Å². The molecule has 0 atom stereocenters. The van der Waals surface area contributed by atoms with Crippen molar-refractivity contribution in [3.63, 3.8) is 0 Å². The van der Waals surface area contributed by atoms with Crippen molar-refractivity contribution in [1.29, 1.82) is 0 Å². The molecule has 1 N–H and O–H groups in total. The van der Waals surface area contributed by atoms with Crippen LogP contribution >= 0.6 is 11.6 Å². The van der Waals surface area contributed by atoms with E-state index in [9.17, 15) is 4.79 Å². The lowest BCUT2D eigenvalue weighted by Crippen LogP contribution is -2.30. The fourth-order valence-electron chi connectivity index (χ4n) is 1.21. The number of aromatic nitrogens is 2. The van der Waals surface area contributed by atoms with E-state index < -0.39 is 5.97 Å². The van der Waals surface area contributed by atoms with Gasteiger partial charge in [-0.1, -0.05) is 17.7 Å². The maximum atomic E-state index is 10.7. The van der Waals surface area contributed by atoms with E-state index in [4.69, 9.17) is 21.4 Å². The summed E-state index contributed by atoms with van der Waals surface area (Å²) in [6, 6.07) is 0.129. The summed E-state index contributed by atoms with van der Waals surface area (Å²) >= 11 is 5.92. The highest BCUT2D eigenvalue weighted by Gasteiger charge is 2.15. The van der Waals surface area contributed by atoms with Crippen LogP contribution in [0.2, 0.25) is 5.02 Å². The van der Waals surface area contributed by atoms with Gasteiger partial charge in [-0.25, -0.2) is 4.98 Å². The monoisotopic (exact) mass is 257 g/mol. The predicted octanol–water partition coefficient (Wildman–Crippen LogP) is 1.22. The Hall–Kier alpha value is -1.82. The van der Waals surface area contributed by atoms with Crippen LogP contribution < -0.4 is 9.64 Å². The van der Waals surface area contributed by atoms with Crippen LogP contribution in [-0.2, 0) is 4.79 Å². The molecular formula is C10H12ClN3O3. The Morgan fingerprint density at radius 3 is 3.00 bits per heavy atom. The minimum absolute atomic E-state index is 0.129. The van der Waals surface area contributed by atoms with Crippen LogP contribution in [0.25, 0.3) is 0 Å². The summed E-state index contributed by atoms with van der Waals surface area (Å²) in [5, 5.41) is 9.05. The van der Waals surface area contributed by atoms with Gasteiger partial charge in [0.25, 0.3) is 0 Å². The first-order chi connectivity index (χ1) is 8.08. The topological polar surface area (TPSA) is 75.6 Å². The van der Waals surface area contributed by atoms with Crippen LogP contribution in [0.5, 0.6) is 6.01 Å².